The quantitative estimate of drug-likeness (QED) is 0.0691. The summed E-state index contributed by atoms with van der Waals surface area (Å²) in [5.74, 6) is -1.03. The molecule has 224 valence electrons. The van der Waals surface area contributed by atoms with Crippen molar-refractivity contribution in [1.82, 2.24) is 19.6 Å². The van der Waals surface area contributed by atoms with Gasteiger partial charge >= 0.3 is 5.91 Å². The van der Waals surface area contributed by atoms with E-state index in [2.05, 4.69) is 15.2 Å². The Hall–Kier alpha value is -4.75. The summed E-state index contributed by atoms with van der Waals surface area (Å²) in [6, 6.07) is 15.6. The highest BCUT2D eigenvalue weighted by Crippen LogP contribution is 2.46. The van der Waals surface area contributed by atoms with Gasteiger partial charge in [-0.1, -0.05) is 47.4 Å². The Balaban J connectivity index is 1.46. The van der Waals surface area contributed by atoms with Gasteiger partial charge < -0.3 is 14.6 Å². The summed E-state index contributed by atoms with van der Waals surface area (Å²) in [7, 11) is 1.50. The number of ether oxygens (including phenoxy) is 2. The minimum Gasteiger partial charge on any atom is -0.505 e. The van der Waals surface area contributed by atoms with Crippen LogP contribution in [-0.2, 0) is 15.3 Å². The largest absolute Gasteiger partial charge is 0.505 e. The van der Waals surface area contributed by atoms with Crippen LogP contribution in [0.25, 0.3) is 11.4 Å². The summed E-state index contributed by atoms with van der Waals surface area (Å²) in [5, 5.41) is 20.5. The van der Waals surface area contributed by atoms with Crippen molar-refractivity contribution in [2.24, 2.45) is 0 Å². The molecule has 1 saturated heterocycles. The Morgan fingerprint density at radius 2 is 1.89 bits per heavy atom. The van der Waals surface area contributed by atoms with Crippen LogP contribution in [0.15, 0.2) is 76.8 Å². The zero-order valence-corrected chi connectivity index (χ0v) is 25.5. The fraction of sp³-hybridized carbons (Fsp3) is 0.194. The van der Waals surface area contributed by atoms with Gasteiger partial charge in [0.15, 0.2) is 21.6 Å². The number of rotatable bonds is 9. The van der Waals surface area contributed by atoms with Gasteiger partial charge in [0.2, 0.25) is 5.13 Å². The standard InChI is InChI=1S/C31H26FN5O5S2/c1-4-42-21-13-10-19(15-22(21)41-3)26-24(27(38)25-17(2)33-23-7-5-6-14-36(23)25)28(39)29(40)37(26)30-34-35-31(44-30)43-16-18-8-11-20(32)12-9-18/h5-15,26,38H,4,16H2,1-3H3/b27-24+. The van der Waals surface area contributed by atoms with Crippen molar-refractivity contribution < 1.29 is 28.6 Å². The molecule has 5 aromatic rings. The van der Waals surface area contributed by atoms with E-state index in [0.29, 0.717) is 50.8 Å². The van der Waals surface area contributed by atoms with E-state index in [1.165, 1.54) is 35.9 Å². The number of aromatic nitrogens is 4. The van der Waals surface area contributed by atoms with Crippen LogP contribution in [0.4, 0.5) is 9.52 Å². The van der Waals surface area contributed by atoms with Gasteiger partial charge in [-0.3, -0.25) is 18.9 Å². The van der Waals surface area contributed by atoms with Gasteiger partial charge in [0.1, 0.15) is 17.2 Å². The van der Waals surface area contributed by atoms with E-state index in [-0.39, 0.29) is 22.3 Å². The first-order valence-electron chi connectivity index (χ1n) is 13.6. The first kappa shape index (κ1) is 29.3. The Labute approximate surface area is 259 Å². The van der Waals surface area contributed by atoms with Crippen LogP contribution in [0.1, 0.15) is 35.5 Å². The summed E-state index contributed by atoms with van der Waals surface area (Å²) >= 11 is 2.51. The number of carbonyl (C=O) groups excluding carboxylic acids is 2. The van der Waals surface area contributed by atoms with Crippen molar-refractivity contribution in [1.29, 1.82) is 0 Å². The van der Waals surface area contributed by atoms with E-state index in [0.717, 1.165) is 16.9 Å². The number of hydrogen-bond acceptors (Lipinski definition) is 10. The van der Waals surface area contributed by atoms with Crippen LogP contribution in [-0.4, -0.2) is 50.1 Å². The fourth-order valence-electron chi connectivity index (χ4n) is 5.08. The van der Waals surface area contributed by atoms with Gasteiger partial charge in [0.25, 0.3) is 5.78 Å². The SMILES string of the molecule is CCOc1ccc(C2/C(=C(\O)c3c(C)nc4ccccn34)C(=O)C(=O)N2c2nnc(SCc3ccc(F)cc3)s2)cc1OC. The predicted molar refractivity (Wildman–Crippen MR) is 165 cm³/mol. The second-order valence-corrected chi connectivity index (χ2v) is 11.9. The number of anilines is 1. The molecule has 1 aliphatic heterocycles. The van der Waals surface area contributed by atoms with Crippen LogP contribution < -0.4 is 14.4 Å². The number of pyridine rings is 1. The average Bonchev–Trinajstić information content (AvgIpc) is 3.70. The number of amides is 1. The first-order chi connectivity index (χ1) is 21.3. The summed E-state index contributed by atoms with van der Waals surface area (Å²) < 4.78 is 26.8. The highest BCUT2D eigenvalue weighted by molar-refractivity contribution is 8.00. The molecule has 1 unspecified atom stereocenters. The number of aliphatic hydroxyl groups is 1. The molecule has 44 heavy (non-hydrogen) atoms. The van der Waals surface area contributed by atoms with E-state index in [1.54, 1.807) is 60.0 Å². The first-order valence-corrected chi connectivity index (χ1v) is 15.4. The smallest absolute Gasteiger partial charge is 0.301 e. The molecule has 0 radical (unpaired) electrons. The lowest BCUT2D eigenvalue weighted by Crippen LogP contribution is -2.29. The maximum absolute atomic E-state index is 13.8. The topological polar surface area (TPSA) is 119 Å². The summed E-state index contributed by atoms with van der Waals surface area (Å²) in [6.07, 6.45) is 1.73. The van der Waals surface area contributed by atoms with E-state index in [9.17, 15) is 19.1 Å². The average molecular weight is 632 g/mol. The van der Waals surface area contributed by atoms with Gasteiger partial charge in [-0.15, -0.1) is 10.2 Å². The van der Waals surface area contributed by atoms with E-state index < -0.39 is 17.7 Å². The van der Waals surface area contributed by atoms with Crippen LogP contribution >= 0.6 is 23.1 Å². The number of aryl methyl sites for hydroxylation is 1. The van der Waals surface area contributed by atoms with Gasteiger partial charge in [-0.05, 0) is 61.4 Å². The van der Waals surface area contributed by atoms with Crippen molar-refractivity contribution in [2.75, 3.05) is 18.6 Å². The van der Waals surface area contributed by atoms with Crippen LogP contribution in [0.3, 0.4) is 0 Å². The molecule has 0 spiro atoms. The second kappa shape index (κ2) is 12.1. The number of benzene rings is 2. The number of ketones is 1. The maximum Gasteiger partial charge on any atom is 0.301 e. The van der Waals surface area contributed by atoms with E-state index >= 15 is 0 Å². The van der Waals surface area contributed by atoms with Gasteiger partial charge in [-0.25, -0.2) is 9.37 Å². The molecule has 2 aromatic carbocycles. The Morgan fingerprint density at radius 1 is 1.09 bits per heavy atom. The van der Waals surface area contributed by atoms with Crippen LogP contribution in [0, 0.1) is 12.7 Å². The summed E-state index contributed by atoms with van der Waals surface area (Å²) in [5.41, 5.74) is 2.62. The van der Waals surface area contributed by atoms with Crippen molar-refractivity contribution in [3.8, 4) is 11.5 Å². The molecular formula is C31H26FN5O5S2. The van der Waals surface area contributed by atoms with Crippen LogP contribution in [0.2, 0.25) is 0 Å². The molecule has 1 amide bonds. The van der Waals surface area contributed by atoms with Crippen molar-refractivity contribution in [3.63, 3.8) is 0 Å². The van der Waals surface area contributed by atoms with Crippen molar-refractivity contribution in [2.45, 2.75) is 30.0 Å². The zero-order chi connectivity index (χ0) is 31.0. The molecule has 1 aliphatic rings. The third-order valence-corrected chi connectivity index (χ3v) is 9.18. The number of aliphatic hydroxyl groups excluding tert-OH is 1. The second-order valence-electron chi connectivity index (χ2n) is 9.75. The summed E-state index contributed by atoms with van der Waals surface area (Å²) in [4.78, 5) is 33.2. The molecule has 6 rings (SSSR count). The fourth-order valence-corrected chi connectivity index (χ4v) is 6.91. The zero-order valence-electron chi connectivity index (χ0n) is 23.9. The predicted octanol–water partition coefficient (Wildman–Crippen LogP) is 5.96. The van der Waals surface area contributed by atoms with Gasteiger partial charge in [-0.2, -0.15) is 0 Å². The third kappa shape index (κ3) is 5.28. The number of thioether (sulfide) groups is 1. The molecule has 3 aromatic heterocycles. The molecule has 0 aliphatic carbocycles. The number of halogens is 1. The third-order valence-electron chi connectivity index (χ3n) is 7.05. The molecule has 0 bridgehead atoms. The molecule has 4 heterocycles. The summed E-state index contributed by atoms with van der Waals surface area (Å²) in [6.45, 7) is 3.98. The molecule has 1 N–H and O–H groups in total. The Morgan fingerprint density at radius 3 is 2.64 bits per heavy atom. The normalized spacial score (nSPS) is 16.2. The van der Waals surface area contributed by atoms with Crippen molar-refractivity contribution >= 4 is 51.3 Å². The van der Waals surface area contributed by atoms with E-state index in [4.69, 9.17) is 9.47 Å². The number of Topliss-reactive ketones (excluding diaryl/α,β-unsaturated/α-hetero) is 1. The number of fused-ring (bicyclic) bond motifs is 1. The Kier molecular flexibility index (Phi) is 8.06. The number of imidazole rings is 1. The molecule has 1 fully saturated rings. The molecular weight excluding hydrogens is 606 g/mol. The minimum absolute atomic E-state index is 0.120. The van der Waals surface area contributed by atoms with Crippen molar-refractivity contribution in [3.05, 3.63) is 101 Å². The molecule has 1 atom stereocenters. The lowest BCUT2D eigenvalue weighted by atomic mass is 9.96. The number of hydrogen-bond donors (Lipinski definition) is 1. The molecule has 13 heteroatoms. The number of methoxy groups -OCH3 is 1. The lowest BCUT2D eigenvalue weighted by Gasteiger charge is -2.23. The molecule has 10 nitrogen and oxygen atoms in total. The van der Waals surface area contributed by atoms with Gasteiger partial charge in [0.05, 0.1) is 31.0 Å². The van der Waals surface area contributed by atoms with Gasteiger partial charge in [0, 0.05) is 11.9 Å². The van der Waals surface area contributed by atoms with E-state index in [1.807, 2.05) is 13.0 Å². The minimum atomic E-state index is -1.06. The van der Waals surface area contributed by atoms with Crippen LogP contribution in [0.5, 0.6) is 11.5 Å². The lowest BCUT2D eigenvalue weighted by molar-refractivity contribution is -0.132. The molecule has 0 saturated carbocycles. The highest BCUT2D eigenvalue weighted by atomic mass is 32.2. The number of carbonyl (C=O) groups is 2. The Bertz CT molecular complexity index is 1920. The number of nitrogens with zero attached hydrogens (tertiary/aromatic N) is 5. The monoisotopic (exact) mass is 631 g/mol. The maximum atomic E-state index is 13.8. The highest BCUT2D eigenvalue weighted by Gasteiger charge is 2.49.